The minimum Gasteiger partial charge on any atom is -0.335 e. The highest BCUT2D eigenvalue weighted by Gasteiger charge is 2.32. The van der Waals surface area contributed by atoms with Crippen LogP contribution in [-0.2, 0) is 0 Å². The normalized spacial score (nSPS) is 23.9. The molecular formula is C12H24N2O. The van der Waals surface area contributed by atoms with Gasteiger partial charge in [-0.25, -0.2) is 4.79 Å². The van der Waals surface area contributed by atoms with Gasteiger partial charge in [-0.1, -0.05) is 13.8 Å². The van der Waals surface area contributed by atoms with E-state index >= 15 is 0 Å². The summed E-state index contributed by atoms with van der Waals surface area (Å²) < 4.78 is 0. The Hall–Kier alpha value is -0.730. The van der Waals surface area contributed by atoms with Gasteiger partial charge in [0.15, 0.2) is 0 Å². The number of rotatable bonds is 3. The van der Waals surface area contributed by atoms with Crippen molar-refractivity contribution in [1.29, 1.82) is 0 Å². The second-order valence-corrected chi connectivity index (χ2v) is 5.23. The summed E-state index contributed by atoms with van der Waals surface area (Å²) in [4.78, 5) is 13.6. The third kappa shape index (κ3) is 3.40. The highest BCUT2D eigenvalue weighted by atomic mass is 16.2. The molecule has 15 heavy (non-hydrogen) atoms. The lowest BCUT2D eigenvalue weighted by Gasteiger charge is -2.23. The van der Waals surface area contributed by atoms with Gasteiger partial charge in [-0.3, -0.25) is 0 Å². The first-order valence-electron chi connectivity index (χ1n) is 6.04. The van der Waals surface area contributed by atoms with Crippen LogP contribution in [0.4, 0.5) is 4.79 Å². The molecule has 1 unspecified atom stereocenters. The Labute approximate surface area is 93.2 Å². The van der Waals surface area contributed by atoms with Crippen LogP contribution in [0.3, 0.4) is 0 Å². The van der Waals surface area contributed by atoms with Crippen molar-refractivity contribution in [2.75, 3.05) is 13.1 Å². The van der Waals surface area contributed by atoms with Crippen molar-refractivity contribution in [3.05, 3.63) is 0 Å². The summed E-state index contributed by atoms with van der Waals surface area (Å²) in [6.07, 6.45) is 3.45. The molecule has 0 aromatic heterocycles. The predicted octanol–water partition coefficient (Wildman–Crippen LogP) is 2.62. The topological polar surface area (TPSA) is 32.3 Å². The highest BCUT2D eigenvalue weighted by molar-refractivity contribution is 5.74. The Morgan fingerprint density at radius 2 is 2.00 bits per heavy atom. The van der Waals surface area contributed by atoms with Crippen LogP contribution in [-0.4, -0.2) is 30.1 Å². The van der Waals surface area contributed by atoms with Gasteiger partial charge in [0.2, 0.25) is 0 Å². The Morgan fingerprint density at radius 1 is 1.40 bits per heavy atom. The number of urea groups is 1. The SMILES string of the molecule is CCN(CC)C(=O)NC1CCC(C)(C)C1. The van der Waals surface area contributed by atoms with Gasteiger partial charge in [-0.15, -0.1) is 0 Å². The number of carbonyl (C=O) groups excluding carboxylic acids is 1. The molecule has 0 aromatic rings. The summed E-state index contributed by atoms with van der Waals surface area (Å²) in [6, 6.07) is 0.482. The van der Waals surface area contributed by atoms with Crippen LogP contribution in [0.25, 0.3) is 0 Å². The highest BCUT2D eigenvalue weighted by Crippen LogP contribution is 2.36. The Bertz CT molecular complexity index is 222. The molecule has 0 radical (unpaired) electrons. The largest absolute Gasteiger partial charge is 0.335 e. The van der Waals surface area contributed by atoms with Crippen molar-refractivity contribution < 1.29 is 4.79 Å². The first-order chi connectivity index (χ1) is 6.98. The molecule has 1 saturated carbocycles. The van der Waals surface area contributed by atoms with E-state index in [9.17, 15) is 4.79 Å². The summed E-state index contributed by atoms with van der Waals surface area (Å²) >= 11 is 0. The zero-order valence-electron chi connectivity index (χ0n) is 10.5. The van der Waals surface area contributed by atoms with Crippen LogP contribution in [0.1, 0.15) is 47.0 Å². The van der Waals surface area contributed by atoms with Gasteiger partial charge < -0.3 is 10.2 Å². The molecule has 1 rings (SSSR count). The molecule has 1 atom stereocenters. The van der Waals surface area contributed by atoms with Crippen LogP contribution in [0.15, 0.2) is 0 Å². The van der Waals surface area contributed by atoms with Crippen molar-refractivity contribution >= 4 is 6.03 Å². The van der Waals surface area contributed by atoms with E-state index in [-0.39, 0.29) is 6.03 Å². The van der Waals surface area contributed by atoms with E-state index < -0.39 is 0 Å². The van der Waals surface area contributed by atoms with E-state index in [1.165, 1.54) is 6.42 Å². The third-order valence-electron chi connectivity index (χ3n) is 3.35. The van der Waals surface area contributed by atoms with E-state index in [4.69, 9.17) is 0 Å². The van der Waals surface area contributed by atoms with Crippen LogP contribution < -0.4 is 5.32 Å². The van der Waals surface area contributed by atoms with Crippen LogP contribution >= 0.6 is 0 Å². The second-order valence-electron chi connectivity index (χ2n) is 5.23. The molecular weight excluding hydrogens is 188 g/mol. The van der Waals surface area contributed by atoms with E-state index in [0.717, 1.165) is 25.9 Å². The Morgan fingerprint density at radius 3 is 2.40 bits per heavy atom. The monoisotopic (exact) mass is 212 g/mol. The lowest BCUT2D eigenvalue weighted by atomic mass is 9.92. The first kappa shape index (κ1) is 12.3. The van der Waals surface area contributed by atoms with Gasteiger partial charge in [0.25, 0.3) is 0 Å². The van der Waals surface area contributed by atoms with Crippen molar-refractivity contribution in [2.24, 2.45) is 5.41 Å². The number of hydrogen-bond donors (Lipinski definition) is 1. The summed E-state index contributed by atoms with van der Waals surface area (Å²) in [5.74, 6) is 0. The third-order valence-corrected chi connectivity index (χ3v) is 3.35. The fraction of sp³-hybridized carbons (Fsp3) is 0.917. The lowest BCUT2D eigenvalue weighted by Crippen LogP contribution is -2.44. The first-order valence-corrected chi connectivity index (χ1v) is 6.04. The molecule has 0 spiro atoms. The number of hydrogen-bond acceptors (Lipinski definition) is 1. The van der Waals surface area contributed by atoms with Crippen LogP contribution in [0.5, 0.6) is 0 Å². The minimum atomic E-state index is 0.0997. The zero-order valence-corrected chi connectivity index (χ0v) is 10.5. The average Bonchev–Trinajstić information content (AvgIpc) is 2.47. The van der Waals surface area contributed by atoms with Gasteiger partial charge >= 0.3 is 6.03 Å². The quantitative estimate of drug-likeness (QED) is 0.766. The number of carbonyl (C=O) groups is 1. The van der Waals surface area contributed by atoms with E-state index in [1.54, 1.807) is 0 Å². The molecule has 3 heteroatoms. The van der Waals surface area contributed by atoms with Crippen molar-refractivity contribution in [3.8, 4) is 0 Å². The lowest BCUT2D eigenvalue weighted by molar-refractivity contribution is 0.198. The van der Waals surface area contributed by atoms with E-state index in [2.05, 4.69) is 19.2 Å². The molecule has 0 heterocycles. The number of nitrogens with zero attached hydrogens (tertiary/aromatic N) is 1. The molecule has 2 amide bonds. The van der Waals surface area contributed by atoms with Gasteiger partial charge in [-0.2, -0.15) is 0 Å². The van der Waals surface area contributed by atoms with E-state index in [1.807, 2.05) is 18.7 Å². The maximum Gasteiger partial charge on any atom is 0.317 e. The predicted molar refractivity (Wildman–Crippen MR) is 62.9 cm³/mol. The molecule has 1 aliphatic rings. The maximum absolute atomic E-state index is 11.8. The standard InChI is InChI=1S/C12H24N2O/c1-5-14(6-2)11(15)13-10-7-8-12(3,4)9-10/h10H,5-9H2,1-4H3,(H,13,15). The summed E-state index contributed by atoms with van der Waals surface area (Å²) in [5.41, 5.74) is 0.404. The van der Waals surface area contributed by atoms with Gasteiger partial charge in [0, 0.05) is 19.1 Å². The molecule has 0 bridgehead atoms. The van der Waals surface area contributed by atoms with Crippen LogP contribution in [0, 0.1) is 5.41 Å². The summed E-state index contributed by atoms with van der Waals surface area (Å²) in [6.45, 7) is 10.2. The molecule has 1 fully saturated rings. The Kier molecular flexibility index (Phi) is 4.00. The van der Waals surface area contributed by atoms with Crippen LogP contribution in [0.2, 0.25) is 0 Å². The summed E-state index contributed by atoms with van der Waals surface area (Å²) in [5, 5.41) is 3.12. The molecule has 3 nitrogen and oxygen atoms in total. The fourth-order valence-electron chi connectivity index (χ4n) is 2.34. The minimum absolute atomic E-state index is 0.0997. The van der Waals surface area contributed by atoms with Crippen molar-refractivity contribution in [2.45, 2.75) is 53.0 Å². The molecule has 1 N–H and O–H groups in total. The zero-order chi connectivity index (χ0) is 11.5. The number of amides is 2. The smallest absolute Gasteiger partial charge is 0.317 e. The molecule has 0 aliphatic heterocycles. The Balaban J connectivity index is 2.39. The van der Waals surface area contributed by atoms with Gasteiger partial charge in [-0.05, 0) is 38.5 Å². The molecule has 0 aromatic carbocycles. The molecule has 1 aliphatic carbocycles. The molecule has 0 saturated heterocycles. The van der Waals surface area contributed by atoms with Crippen molar-refractivity contribution in [3.63, 3.8) is 0 Å². The average molecular weight is 212 g/mol. The molecule has 88 valence electrons. The summed E-state index contributed by atoms with van der Waals surface area (Å²) in [7, 11) is 0. The number of nitrogens with one attached hydrogen (secondary N) is 1. The maximum atomic E-state index is 11.8. The van der Waals surface area contributed by atoms with Gasteiger partial charge in [0.05, 0.1) is 0 Å². The second kappa shape index (κ2) is 4.86. The van der Waals surface area contributed by atoms with Gasteiger partial charge in [0.1, 0.15) is 0 Å². The fourth-order valence-corrected chi connectivity index (χ4v) is 2.34. The van der Waals surface area contributed by atoms with Crippen molar-refractivity contribution in [1.82, 2.24) is 10.2 Å². The van der Waals surface area contributed by atoms with E-state index in [0.29, 0.717) is 11.5 Å².